The standard InChI is InChI=1S/C41H45N7O3/c1-46(2)37(31-9-4-3-5-10-31)41(50)48-23-7-12-35(48)39-43-26-33(45-39)30-20-16-28(17-21-30)27-14-18-29(19-15-27)32-25-42-38(44-32)34-11-6-22-47(34)40(49)36-13-8-24-51-36/h3-5,9-10,14-21,25-26,34-37H,6-8,11-13,22-24H2,1-2H3,(H,42,44)(H,43,45)/p+2/t34?,35?,36-,37-/m1/s1. The van der Waals surface area contributed by atoms with Crippen molar-refractivity contribution in [2.75, 3.05) is 33.8 Å². The van der Waals surface area contributed by atoms with Crippen molar-refractivity contribution in [2.45, 2.75) is 62.8 Å². The highest BCUT2D eigenvalue weighted by Gasteiger charge is 2.43. The number of rotatable bonds is 9. The normalized spacial score (nSPS) is 23.9. The van der Waals surface area contributed by atoms with Crippen molar-refractivity contribution >= 4 is 11.8 Å². The summed E-state index contributed by atoms with van der Waals surface area (Å²) in [5.74, 6) is 2.12. The molecule has 0 radical (unpaired) electrons. The van der Waals surface area contributed by atoms with Gasteiger partial charge < -0.3 is 14.7 Å². The number of aromatic nitrogens is 4. The van der Waals surface area contributed by atoms with E-state index in [4.69, 9.17) is 14.7 Å². The van der Waals surface area contributed by atoms with Crippen molar-refractivity contribution in [2.24, 2.45) is 0 Å². The van der Waals surface area contributed by atoms with Gasteiger partial charge in [-0.15, -0.1) is 0 Å². The Labute approximate surface area is 298 Å². The molecule has 0 aliphatic carbocycles. The van der Waals surface area contributed by atoms with E-state index in [9.17, 15) is 9.59 Å². The number of likely N-dealkylation sites (tertiary alicyclic amines) is 2. The molecule has 3 aliphatic heterocycles. The minimum absolute atomic E-state index is 0.00788. The molecule has 51 heavy (non-hydrogen) atoms. The number of nitrogens with one attached hydrogen (secondary N) is 4. The maximum atomic E-state index is 13.9. The van der Waals surface area contributed by atoms with Crippen LogP contribution in [0.2, 0.25) is 0 Å². The lowest BCUT2D eigenvalue weighted by Gasteiger charge is -2.27. The number of carbonyl (C=O) groups excluding carboxylic acids is 2. The monoisotopic (exact) mass is 685 g/mol. The molecule has 5 heterocycles. The molecular weight excluding hydrogens is 638 g/mol. The van der Waals surface area contributed by atoms with Gasteiger partial charge in [0.25, 0.3) is 0 Å². The molecule has 0 bridgehead atoms. The third kappa shape index (κ3) is 6.72. The Hall–Kier alpha value is -4.74. The summed E-state index contributed by atoms with van der Waals surface area (Å²) in [5, 5.41) is 0. The lowest BCUT2D eigenvalue weighted by atomic mass is 10.0. The van der Waals surface area contributed by atoms with Crippen LogP contribution in [0.3, 0.4) is 0 Å². The van der Waals surface area contributed by atoms with Gasteiger partial charge >= 0.3 is 11.8 Å². The van der Waals surface area contributed by atoms with E-state index in [1.54, 1.807) is 0 Å². The number of aromatic amines is 2. The molecule has 2 aromatic heterocycles. The van der Waals surface area contributed by atoms with E-state index in [-0.39, 0.29) is 36.0 Å². The Kier molecular flexibility index (Phi) is 9.48. The zero-order chi connectivity index (χ0) is 34.9. The summed E-state index contributed by atoms with van der Waals surface area (Å²) in [6.07, 6.45) is 9.17. The van der Waals surface area contributed by atoms with Crippen molar-refractivity contribution in [1.82, 2.24) is 24.8 Å². The Morgan fingerprint density at radius 3 is 1.76 bits per heavy atom. The first kappa shape index (κ1) is 33.4. The van der Waals surface area contributed by atoms with E-state index in [2.05, 4.69) is 58.5 Å². The van der Waals surface area contributed by atoms with Crippen LogP contribution in [-0.4, -0.2) is 76.5 Å². The summed E-state index contributed by atoms with van der Waals surface area (Å²) in [7, 11) is 3.95. The van der Waals surface area contributed by atoms with Crippen molar-refractivity contribution in [1.29, 1.82) is 0 Å². The van der Waals surface area contributed by atoms with Crippen LogP contribution in [0.4, 0.5) is 0 Å². The van der Waals surface area contributed by atoms with E-state index in [1.165, 1.54) is 0 Å². The van der Waals surface area contributed by atoms with E-state index >= 15 is 0 Å². The summed E-state index contributed by atoms with van der Waals surface area (Å²) < 4.78 is 5.70. The van der Waals surface area contributed by atoms with Crippen LogP contribution in [0, 0.1) is 0 Å². The fraction of sp³-hybridized carbons (Fsp3) is 0.366. The highest BCUT2D eigenvalue weighted by atomic mass is 16.5. The maximum Gasteiger partial charge on any atom is 0.341 e. The summed E-state index contributed by atoms with van der Waals surface area (Å²) in [4.78, 5) is 47.6. The highest BCUT2D eigenvalue weighted by molar-refractivity contribution is 5.76. The van der Waals surface area contributed by atoms with Gasteiger partial charge in [-0.1, -0.05) is 78.9 Å². The number of hydrogen-bond acceptors (Lipinski definition) is 6. The molecule has 10 heteroatoms. The van der Waals surface area contributed by atoms with Gasteiger partial charge in [-0.25, -0.2) is 19.6 Å². The quantitative estimate of drug-likeness (QED) is 0.186. The minimum Gasteiger partial charge on any atom is -0.364 e. The Balaban J connectivity index is 0.930. The van der Waals surface area contributed by atoms with Gasteiger partial charge in [0.15, 0.2) is 35.9 Å². The molecule has 8 rings (SSSR count). The molecule has 0 spiro atoms. The molecule has 3 aromatic carbocycles. The molecule has 3 fully saturated rings. The predicted molar refractivity (Wildman–Crippen MR) is 195 cm³/mol. The number of ether oxygens (including phenoxy) is 1. The summed E-state index contributed by atoms with van der Waals surface area (Å²) in [5.41, 5.74) is 7.30. The molecule has 10 nitrogen and oxygen atoms in total. The van der Waals surface area contributed by atoms with E-state index < -0.39 is 0 Å². The second-order valence-corrected chi connectivity index (χ2v) is 14.5. The van der Waals surface area contributed by atoms with Crippen LogP contribution < -0.4 is 9.80 Å². The first-order valence-electron chi connectivity index (χ1n) is 18.4. The zero-order valence-corrected chi connectivity index (χ0v) is 29.4. The number of amides is 2. The van der Waals surface area contributed by atoms with Crippen molar-refractivity contribution in [3.63, 3.8) is 0 Å². The molecule has 5 aromatic rings. The van der Waals surface area contributed by atoms with Gasteiger partial charge in [0.05, 0.1) is 36.9 Å². The second kappa shape index (κ2) is 14.5. The van der Waals surface area contributed by atoms with Crippen molar-refractivity contribution in [3.05, 3.63) is 108 Å². The fourth-order valence-corrected chi connectivity index (χ4v) is 8.38. The molecule has 6 atom stereocenters. The number of imidazole rings is 2. The van der Waals surface area contributed by atoms with Gasteiger partial charge in [-0.05, 0) is 54.8 Å². The summed E-state index contributed by atoms with van der Waals surface area (Å²) in [6.45, 7) is 2.33. The Morgan fingerprint density at radius 1 is 0.706 bits per heavy atom. The SMILES string of the molecule is CN(C)[C@@H](C(=O)[NH+]1CCCC1c1ncc(-c2ccc(-c3ccc(-c4cnc(C5CCC[NH+]5C(=O)[C@H]5CCCO5)[nH]4)cc3)cc2)[nH]1)c1ccccc1. The summed E-state index contributed by atoms with van der Waals surface area (Å²) in [6, 6.07) is 26.8. The van der Waals surface area contributed by atoms with Crippen LogP contribution in [0.15, 0.2) is 91.3 Å². The van der Waals surface area contributed by atoms with Gasteiger partial charge in [-0.2, -0.15) is 0 Å². The smallest absolute Gasteiger partial charge is 0.341 e. The molecule has 3 saturated heterocycles. The number of quaternary nitrogens is 2. The predicted octanol–water partition coefficient (Wildman–Crippen LogP) is 4.11. The third-order valence-electron chi connectivity index (χ3n) is 11.0. The number of likely N-dealkylation sites (N-methyl/N-ethyl adjacent to an activating group) is 1. The van der Waals surface area contributed by atoms with E-state index in [0.29, 0.717) is 6.61 Å². The van der Waals surface area contributed by atoms with Crippen LogP contribution >= 0.6 is 0 Å². The van der Waals surface area contributed by atoms with Crippen LogP contribution in [0.1, 0.15) is 73.9 Å². The third-order valence-corrected chi connectivity index (χ3v) is 11.0. The number of carbonyl (C=O) groups is 2. The molecule has 262 valence electrons. The van der Waals surface area contributed by atoms with Crippen LogP contribution in [0.5, 0.6) is 0 Å². The molecule has 3 aliphatic rings. The van der Waals surface area contributed by atoms with Gasteiger partial charge in [0.2, 0.25) is 0 Å². The average Bonchev–Trinajstić information content (AvgIpc) is 4.01. The largest absolute Gasteiger partial charge is 0.364 e. The minimum atomic E-state index is -0.299. The van der Waals surface area contributed by atoms with Gasteiger partial charge in [-0.3, -0.25) is 14.7 Å². The Morgan fingerprint density at radius 2 is 1.24 bits per heavy atom. The first-order chi connectivity index (χ1) is 24.9. The fourth-order valence-electron chi connectivity index (χ4n) is 8.38. The van der Waals surface area contributed by atoms with Crippen molar-refractivity contribution in [3.8, 4) is 33.6 Å². The number of nitrogens with zero attached hydrogens (tertiary/aromatic N) is 3. The lowest BCUT2D eigenvalue weighted by molar-refractivity contribution is -0.842. The van der Waals surface area contributed by atoms with Crippen LogP contribution in [-0.2, 0) is 14.3 Å². The number of H-pyrrole nitrogens is 2. The van der Waals surface area contributed by atoms with Crippen molar-refractivity contribution < 1.29 is 24.1 Å². The molecular formula is C41H47N7O3+2. The van der Waals surface area contributed by atoms with E-state index in [0.717, 1.165) is 112 Å². The van der Waals surface area contributed by atoms with Gasteiger partial charge in [0.1, 0.15) is 0 Å². The summed E-state index contributed by atoms with van der Waals surface area (Å²) >= 11 is 0. The number of benzene rings is 3. The van der Waals surface area contributed by atoms with Gasteiger partial charge in [0, 0.05) is 32.3 Å². The van der Waals surface area contributed by atoms with E-state index in [1.807, 2.05) is 61.7 Å². The highest BCUT2D eigenvalue weighted by Crippen LogP contribution is 2.29. The molecule has 2 amide bonds. The molecule has 0 saturated carbocycles. The topological polar surface area (TPSA) is 113 Å². The second-order valence-electron chi connectivity index (χ2n) is 14.5. The lowest BCUT2D eigenvalue weighted by Crippen LogP contribution is -3.14. The maximum absolute atomic E-state index is 13.9. The molecule has 4 N–H and O–H groups in total. The molecule has 4 unspecified atom stereocenters. The zero-order valence-electron chi connectivity index (χ0n) is 29.4. The number of hydrogen-bond donors (Lipinski definition) is 4. The average molecular weight is 686 g/mol. The van der Waals surface area contributed by atoms with Crippen LogP contribution in [0.25, 0.3) is 33.6 Å². The first-order valence-corrected chi connectivity index (χ1v) is 18.4. The Bertz CT molecular complexity index is 1960.